The standard InChI is InChI=1S/C13H25NO2/c1-3-4-11-5-6-13(16)12(9-11)10-14(2)7-8-15/h11-12,15H,3-10H2,1-2H3. The fourth-order valence-corrected chi connectivity index (χ4v) is 2.69. The molecule has 1 aliphatic rings. The van der Waals surface area contributed by atoms with E-state index in [0.717, 1.165) is 31.7 Å². The molecular formula is C13H25NO2. The Balaban J connectivity index is 2.40. The Kier molecular flexibility index (Phi) is 5.99. The molecule has 94 valence electrons. The number of ketones is 1. The lowest BCUT2D eigenvalue weighted by atomic mass is 9.78. The van der Waals surface area contributed by atoms with E-state index in [1.54, 1.807) is 0 Å². The molecule has 1 saturated carbocycles. The molecule has 1 aliphatic carbocycles. The van der Waals surface area contributed by atoms with Gasteiger partial charge in [0.05, 0.1) is 6.61 Å². The zero-order valence-corrected chi connectivity index (χ0v) is 10.6. The molecule has 0 amide bonds. The van der Waals surface area contributed by atoms with Crippen LogP contribution in [0.25, 0.3) is 0 Å². The Morgan fingerprint density at radius 3 is 2.88 bits per heavy atom. The maximum absolute atomic E-state index is 11.8. The van der Waals surface area contributed by atoms with E-state index in [-0.39, 0.29) is 12.5 Å². The monoisotopic (exact) mass is 227 g/mol. The van der Waals surface area contributed by atoms with Crippen LogP contribution < -0.4 is 0 Å². The highest BCUT2D eigenvalue weighted by atomic mass is 16.3. The summed E-state index contributed by atoms with van der Waals surface area (Å²) in [5.74, 6) is 1.38. The molecule has 0 aromatic carbocycles. The van der Waals surface area contributed by atoms with Gasteiger partial charge in [0.15, 0.2) is 0 Å². The van der Waals surface area contributed by atoms with Crippen LogP contribution in [0.15, 0.2) is 0 Å². The third-order valence-electron chi connectivity index (χ3n) is 3.58. The Labute approximate surface area is 98.8 Å². The lowest BCUT2D eigenvalue weighted by molar-refractivity contribution is -0.126. The Bertz CT molecular complexity index is 216. The average molecular weight is 227 g/mol. The second-order valence-electron chi connectivity index (χ2n) is 5.08. The first-order valence-corrected chi connectivity index (χ1v) is 6.49. The smallest absolute Gasteiger partial charge is 0.137 e. The van der Waals surface area contributed by atoms with Crippen LogP contribution in [-0.2, 0) is 4.79 Å². The molecule has 0 radical (unpaired) electrons. The molecule has 1 fully saturated rings. The minimum atomic E-state index is 0.176. The third kappa shape index (κ3) is 4.22. The molecule has 0 aromatic rings. The average Bonchev–Trinajstić information content (AvgIpc) is 2.24. The van der Waals surface area contributed by atoms with Gasteiger partial charge in [-0.05, 0) is 25.8 Å². The highest BCUT2D eigenvalue weighted by molar-refractivity contribution is 5.81. The van der Waals surface area contributed by atoms with Crippen LogP contribution in [0.3, 0.4) is 0 Å². The highest BCUT2D eigenvalue weighted by Gasteiger charge is 2.28. The van der Waals surface area contributed by atoms with Crippen molar-refractivity contribution >= 4 is 5.78 Å². The van der Waals surface area contributed by atoms with Crippen molar-refractivity contribution in [3.63, 3.8) is 0 Å². The van der Waals surface area contributed by atoms with Crippen molar-refractivity contribution in [2.24, 2.45) is 11.8 Å². The van der Waals surface area contributed by atoms with Gasteiger partial charge >= 0.3 is 0 Å². The van der Waals surface area contributed by atoms with Crippen LogP contribution in [0.1, 0.15) is 39.0 Å². The predicted molar refractivity (Wildman–Crippen MR) is 65.3 cm³/mol. The molecule has 0 heterocycles. The van der Waals surface area contributed by atoms with E-state index in [4.69, 9.17) is 5.11 Å². The van der Waals surface area contributed by atoms with Crippen LogP contribution in [0, 0.1) is 11.8 Å². The number of aliphatic hydroxyl groups is 1. The quantitative estimate of drug-likeness (QED) is 0.751. The number of carbonyl (C=O) groups excluding carboxylic acids is 1. The molecular weight excluding hydrogens is 202 g/mol. The number of Topliss-reactive ketones (excluding diaryl/α,β-unsaturated/α-hetero) is 1. The second kappa shape index (κ2) is 7.02. The van der Waals surface area contributed by atoms with E-state index in [2.05, 4.69) is 11.8 Å². The van der Waals surface area contributed by atoms with Crippen LogP contribution >= 0.6 is 0 Å². The van der Waals surface area contributed by atoms with E-state index < -0.39 is 0 Å². The lowest BCUT2D eigenvalue weighted by Gasteiger charge is -2.30. The second-order valence-corrected chi connectivity index (χ2v) is 5.08. The minimum absolute atomic E-state index is 0.176. The van der Waals surface area contributed by atoms with Gasteiger partial charge < -0.3 is 10.0 Å². The summed E-state index contributed by atoms with van der Waals surface area (Å²) in [6.07, 6.45) is 5.39. The Morgan fingerprint density at radius 2 is 2.25 bits per heavy atom. The zero-order chi connectivity index (χ0) is 12.0. The number of carbonyl (C=O) groups is 1. The Hall–Kier alpha value is -0.410. The van der Waals surface area contributed by atoms with Crippen molar-refractivity contribution in [3.05, 3.63) is 0 Å². The first-order chi connectivity index (χ1) is 7.67. The van der Waals surface area contributed by atoms with E-state index in [1.165, 1.54) is 12.8 Å². The van der Waals surface area contributed by atoms with Crippen molar-refractivity contribution in [1.29, 1.82) is 0 Å². The van der Waals surface area contributed by atoms with Crippen LogP contribution in [0.2, 0.25) is 0 Å². The SMILES string of the molecule is CCCC1CCC(=O)C(CN(C)CCO)C1. The number of likely N-dealkylation sites (N-methyl/N-ethyl adjacent to an activating group) is 1. The van der Waals surface area contributed by atoms with Crippen LogP contribution in [0.4, 0.5) is 0 Å². The summed E-state index contributed by atoms with van der Waals surface area (Å²) in [6, 6.07) is 0. The van der Waals surface area contributed by atoms with Gasteiger partial charge in [0, 0.05) is 25.4 Å². The number of nitrogens with zero attached hydrogens (tertiary/aromatic N) is 1. The summed E-state index contributed by atoms with van der Waals surface area (Å²) in [4.78, 5) is 13.9. The summed E-state index contributed by atoms with van der Waals surface area (Å²) >= 11 is 0. The first kappa shape index (κ1) is 13.7. The van der Waals surface area contributed by atoms with Gasteiger partial charge in [-0.25, -0.2) is 0 Å². The molecule has 2 unspecified atom stereocenters. The van der Waals surface area contributed by atoms with Gasteiger partial charge in [0.25, 0.3) is 0 Å². The molecule has 3 heteroatoms. The third-order valence-corrected chi connectivity index (χ3v) is 3.58. The van der Waals surface area contributed by atoms with Gasteiger partial charge in [0.1, 0.15) is 5.78 Å². The maximum atomic E-state index is 11.8. The van der Waals surface area contributed by atoms with Crippen molar-refractivity contribution < 1.29 is 9.90 Å². The molecule has 0 saturated heterocycles. The molecule has 0 aromatic heterocycles. The molecule has 1 rings (SSSR count). The molecule has 3 nitrogen and oxygen atoms in total. The predicted octanol–water partition coefficient (Wildman–Crippen LogP) is 1.70. The summed E-state index contributed by atoms with van der Waals surface area (Å²) in [5, 5.41) is 8.84. The molecule has 0 aliphatic heterocycles. The van der Waals surface area contributed by atoms with Crippen molar-refractivity contribution in [2.45, 2.75) is 39.0 Å². The van der Waals surface area contributed by atoms with E-state index in [0.29, 0.717) is 12.3 Å². The summed E-state index contributed by atoms with van der Waals surface area (Å²) < 4.78 is 0. The fraction of sp³-hybridized carbons (Fsp3) is 0.923. The number of hydrogen-bond donors (Lipinski definition) is 1. The van der Waals surface area contributed by atoms with E-state index in [1.807, 2.05) is 7.05 Å². The number of hydrogen-bond acceptors (Lipinski definition) is 3. The topological polar surface area (TPSA) is 40.5 Å². The zero-order valence-electron chi connectivity index (χ0n) is 10.6. The van der Waals surface area contributed by atoms with Gasteiger partial charge in [-0.15, -0.1) is 0 Å². The van der Waals surface area contributed by atoms with E-state index in [9.17, 15) is 4.79 Å². The highest BCUT2D eigenvalue weighted by Crippen LogP contribution is 2.29. The minimum Gasteiger partial charge on any atom is -0.395 e. The fourth-order valence-electron chi connectivity index (χ4n) is 2.69. The van der Waals surface area contributed by atoms with Crippen molar-refractivity contribution in [2.75, 3.05) is 26.7 Å². The molecule has 2 atom stereocenters. The van der Waals surface area contributed by atoms with Crippen LogP contribution in [0.5, 0.6) is 0 Å². The molecule has 0 bridgehead atoms. The molecule has 0 spiro atoms. The van der Waals surface area contributed by atoms with Gasteiger partial charge in [-0.2, -0.15) is 0 Å². The summed E-state index contributed by atoms with van der Waals surface area (Å²) in [6.45, 7) is 3.88. The normalized spacial score (nSPS) is 26.4. The largest absolute Gasteiger partial charge is 0.395 e. The first-order valence-electron chi connectivity index (χ1n) is 6.49. The van der Waals surface area contributed by atoms with Crippen molar-refractivity contribution in [3.8, 4) is 0 Å². The summed E-state index contributed by atoms with van der Waals surface area (Å²) in [7, 11) is 1.98. The van der Waals surface area contributed by atoms with Gasteiger partial charge in [-0.1, -0.05) is 19.8 Å². The van der Waals surface area contributed by atoms with Crippen LogP contribution in [-0.4, -0.2) is 42.5 Å². The lowest BCUT2D eigenvalue weighted by Crippen LogP contribution is -2.36. The maximum Gasteiger partial charge on any atom is 0.137 e. The Morgan fingerprint density at radius 1 is 1.50 bits per heavy atom. The van der Waals surface area contributed by atoms with E-state index >= 15 is 0 Å². The van der Waals surface area contributed by atoms with Crippen molar-refractivity contribution in [1.82, 2.24) is 4.90 Å². The molecule has 16 heavy (non-hydrogen) atoms. The van der Waals surface area contributed by atoms with Gasteiger partial charge in [-0.3, -0.25) is 4.79 Å². The van der Waals surface area contributed by atoms with Gasteiger partial charge in [0.2, 0.25) is 0 Å². The number of rotatable bonds is 6. The number of aliphatic hydroxyl groups excluding tert-OH is 1. The molecule has 1 N–H and O–H groups in total. The summed E-state index contributed by atoms with van der Waals surface area (Å²) in [5.41, 5.74) is 0.